The number of fused-ring (bicyclic) bond motifs is 16. The summed E-state index contributed by atoms with van der Waals surface area (Å²) in [6.45, 7) is 9.86. The molecule has 0 saturated carbocycles. The van der Waals surface area contributed by atoms with E-state index in [4.69, 9.17) is 9.26 Å². The molecule has 0 aliphatic carbocycles. The molecule has 7 heteroatoms. The third kappa shape index (κ3) is 6.91. The van der Waals surface area contributed by atoms with Gasteiger partial charge in [0.1, 0.15) is 11.2 Å². The summed E-state index contributed by atoms with van der Waals surface area (Å²) in [7, 11) is 0. The Morgan fingerprint density at radius 2 is 0.667 bits per heavy atom. The number of nitrogens with zero attached hydrogens (tertiary/aromatic N) is 6. The van der Waals surface area contributed by atoms with Crippen molar-refractivity contribution in [2.45, 2.75) is 0 Å². The molecular weight excluding hydrogens is 1060 g/mol. The number of benzene rings is 13. The van der Waals surface area contributed by atoms with Crippen molar-refractivity contribution in [2.75, 3.05) is 0 Å². The molecule has 7 nitrogen and oxygen atoms in total. The van der Waals surface area contributed by atoms with E-state index < -0.39 is 0 Å². The van der Waals surface area contributed by atoms with E-state index in [1.165, 1.54) is 0 Å². The highest BCUT2D eigenvalue weighted by Crippen LogP contribution is 2.53. The van der Waals surface area contributed by atoms with Crippen LogP contribution in [0.4, 0.5) is 5.69 Å². The maximum absolute atomic E-state index is 12.7. The minimum absolute atomic E-state index is 0.218. The van der Waals surface area contributed by atoms with Crippen molar-refractivity contribution in [1.29, 1.82) is 5.26 Å². The summed E-state index contributed by atoms with van der Waals surface area (Å²) in [6.07, 6.45) is 0. The largest absolute Gasteiger partial charge is 0.456 e. The van der Waals surface area contributed by atoms with Gasteiger partial charge in [0.05, 0.1) is 90.5 Å². The van der Waals surface area contributed by atoms with E-state index in [-0.39, 0.29) is 11.3 Å². The highest BCUT2D eigenvalue weighted by Gasteiger charge is 2.35. The Morgan fingerprint density at radius 3 is 1.11 bits per heavy atom. The molecule has 13 aromatic carbocycles. The maximum Gasteiger partial charge on any atom is 0.232 e. The lowest BCUT2D eigenvalue weighted by molar-refractivity contribution is 0.669. The van der Waals surface area contributed by atoms with Crippen LogP contribution in [0.1, 0.15) is 5.56 Å². The Bertz CT molecular complexity index is 6020. The quantitative estimate of drug-likeness (QED) is 0.149. The van der Waals surface area contributed by atoms with Gasteiger partial charge in [-0.25, -0.2) is 4.85 Å². The summed E-state index contributed by atoms with van der Waals surface area (Å²) in [6, 6.07) is 101. The molecule has 0 N–H and O–H groups in total. The van der Waals surface area contributed by atoms with Gasteiger partial charge < -0.3 is 22.7 Å². The lowest BCUT2D eigenvalue weighted by Gasteiger charge is -2.28. The average Bonchev–Trinajstić information content (AvgIpc) is 1.62. The molecule has 0 amide bonds. The fourth-order valence-electron chi connectivity index (χ4n) is 14.3. The highest BCUT2D eigenvalue weighted by atomic mass is 16.3. The third-order valence-corrected chi connectivity index (χ3v) is 18.0. The molecule has 18 rings (SSSR count). The van der Waals surface area contributed by atoms with Gasteiger partial charge >= 0.3 is 0 Å². The summed E-state index contributed by atoms with van der Waals surface area (Å²) in [5.74, 6) is 0. The highest BCUT2D eigenvalue weighted by molar-refractivity contribution is 6.26. The van der Waals surface area contributed by atoms with Crippen LogP contribution >= 0.6 is 0 Å². The number of nitriles is 1. The summed E-state index contributed by atoms with van der Waals surface area (Å²) in [4.78, 5) is 4.74. The summed E-state index contributed by atoms with van der Waals surface area (Å²) < 4.78 is 16.2. The Hall–Kier alpha value is -12.2. The van der Waals surface area contributed by atoms with Crippen molar-refractivity contribution in [2.24, 2.45) is 0 Å². The molecule has 87 heavy (non-hydrogen) atoms. The van der Waals surface area contributed by atoms with Crippen LogP contribution in [-0.4, -0.2) is 18.3 Å². The normalized spacial score (nSPS) is 11.9. The zero-order valence-corrected chi connectivity index (χ0v) is 46.6. The standard InChI is InChI=1S/C80H46N6O/c1-82-75-64(48-81)77(86-68-35-19-11-27-55(68)59-40-44-73-74(76(59)86)60-31-15-20-36-72(60)87-73)79(84-66-33-17-13-29-57(66)62-46-53(38-42-70(62)84)50-23-7-3-8-24-50)80(85-67-34-18-14-30-58(67)63-47-54(39-43-71(63)85)51-25-9-4-10-26-51)78(75)83-65-32-16-12-28-56(65)61-45-52(37-41-69(61)83)49-21-5-2-6-22-49/h2-47H. The van der Waals surface area contributed by atoms with E-state index in [1.807, 2.05) is 18.2 Å². The van der Waals surface area contributed by atoms with E-state index in [1.54, 1.807) is 0 Å². The van der Waals surface area contributed by atoms with E-state index >= 15 is 0 Å². The summed E-state index contributed by atoms with van der Waals surface area (Å²) in [5, 5.41) is 22.8. The lowest BCUT2D eigenvalue weighted by atomic mass is 10.0. The molecule has 18 aromatic rings. The van der Waals surface area contributed by atoms with Crippen molar-refractivity contribution < 1.29 is 4.42 Å². The van der Waals surface area contributed by atoms with Crippen molar-refractivity contribution >= 4 is 115 Å². The smallest absolute Gasteiger partial charge is 0.232 e. The van der Waals surface area contributed by atoms with Gasteiger partial charge in [-0.15, -0.1) is 0 Å². The zero-order valence-electron chi connectivity index (χ0n) is 46.6. The van der Waals surface area contributed by atoms with Crippen LogP contribution in [0.15, 0.2) is 283 Å². The number of aromatic nitrogens is 4. The van der Waals surface area contributed by atoms with E-state index in [9.17, 15) is 11.8 Å². The van der Waals surface area contributed by atoms with Gasteiger partial charge in [-0.05, 0) is 112 Å². The van der Waals surface area contributed by atoms with Gasteiger partial charge in [0, 0.05) is 48.5 Å². The summed E-state index contributed by atoms with van der Waals surface area (Å²) in [5.41, 5.74) is 18.4. The predicted molar refractivity (Wildman–Crippen MR) is 358 cm³/mol. The van der Waals surface area contributed by atoms with E-state index in [2.05, 4.69) is 285 Å². The Morgan fingerprint density at radius 1 is 0.299 bits per heavy atom. The number of hydrogen-bond acceptors (Lipinski definition) is 2. The maximum atomic E-state index is 12.7. The van der Waals surface area contributed by atoms with Gasteiger partial charge in [0.15, 0.2) is 0 Å². The monoisotopic (exact) mass is 1110 g/mol. The first-order valence-corrected chi connectivity index (χ1v) is 29.3. The molecule has 0 aliphatic heterocycles. The number of hydrogen-bond donors (Lipinski definition) is 0. The van der Waals surface area contributed by atoms with Crippen LogP contribution < -0.4 is 0 Å². The second-order valence-corrected chi connectivity index (χ2v) is 22.5. The van der Waals surface area contributed by atoms with Gasteiger partial charge in [-0.1, -0.05) is 200 Å². The second kappa shape index (κ2) is 18.7. The van der Waals surface area contributed by atoms with Crippen molar-refractivity contribution in [3.8, 4) is 62.2 Å². The predicted octanol–water partition coefficient (Wildman–Crippen LogP) is 21.4. The number of rotatable bonds is 7. The van der Waals surface area contributed by atoms with Gasteiger partial charge in [-0.2, -0.15) is 5.26 Å². The minimum Gasteiger partial charge on any atom is -0.456 e. The molecule has 0 fully saturated rings. The fraction of sp³-hybridized carbons (Fsp3) is 0. The average molecular weight is 1110 g/mol. The van der Waals surface area contributed by atoms with Crippen molar-refractivity contribution in [3.63, 3.8) is 0 Å². The third-order valence-electron chi connectivity index (χ3n) is 18.0. The molecule has 0 bridgehead atoms. The summed E-state index contributed by atoms with van der Waals surface area (Å²) >= 11 is 0. The van der Waals surface area contributed by atoms with Crippen LogP contribution in [0.2, 0.25) is 0 Å². The molecule has 0 aliphatic rings. The van der Waals surface area contributed by atoms with Gasteiger partial charge in [-0.3, -0.25) is 0 Å². The first kappa shape index (κ1) is 48.4. The number of para-hydroxylation sites is 5. The minimum atomic E-state index is 0.218. The lowest BCUT2D eigenvalue weighted by Crippen LogP contribution is -2.15. The first-order valence-electron chi connectivity index (χ1n) is 29.3. The van der Waals surface area contributed by atoms with Crippen molar-refractivity contribution in [3.05, 3.63) is 296 Å². The van der Waals surface area contributed by atoms with E-state index in [0.29, 0.717) is 11.4 Å². The van der Waals surface area contributed by atoms with Crippen LogP contribution in [-0.2, 0) is 0 Å². The Labute approximate surface area is 498 Å². The Balaban J connectivity index is 1.13. The van der Waals surface area contributed by atoms with Crippen LogP contribution in [0, 0.1) is 17.9 Å². The van der Waals surface area contributed by atoms with E-state index in [0.717, 1.165) is 154 Å². The van der Waals surface area contributed by atoms with Crippen LogP contribution in [0.5, 0.6) is 0 Å². The molecule has 0 saturated heterocycles. The van der Waals surface area contributed by atoms with Crippen LogP contribution in [0.25, 0.3) is 170 Å². The molecular formula is C80H46N6O. The number of furan rings is 1. The molecule has 0 atom stereocenters. The Kier molecular flexibility index (Phi) is 10.4. The molecule has 0 radical (unpaired) electrons. The molecule has 0 spiro atoms. The SMILES string of the molecule is [C-]#[N+]c1c(C#N)c(-n2c3ccccc3c3ccc4oc5ccccc5c4c32)c(-n2c3ccccc3c3cc(-c4ccccc4)ccc32)c(-n2c3ccccc3c3cc(-c4ccccc4)ccc32)c1-n1c2ccccc2c2cc(-c3ccccc3)ccc21. The van der Waals surface area contributed by atoms with Crippen LogP contribution in [0.3, 0.4) is 0 Å². The zero-order chi connectivity index (χ0) is 57.4. The molecule has 5 heterocycles. The fourth-order valence-corrected chi connectivity index (χ4v) is 14.3. The van der Waals surface area contributed by atoms with Gasteiger partial charge in [0.25, 0.3) is 0 Å². The van der Waals surface area contributed by atoms with Crippen molar-refractivity contribution in [1.82, 2.24) is 18.3 Å². The topological polar surface area (TPSA) is 61.0 Å². The second-order valence-electron chi connectivity index (χ2n) is 22.5. The van der Waals surface area contributed by atoms with Gasteiger partial charge in [0.2, 0.25) is 5.69 Å². The molecule has 5 aromatic heterocycles. The molecule has 402 valence electrons. The first-order chi connectivity index (χ1) is 43.1. The molecule has 0 unspecified atom stereocenters.